The van der Waals surface area contributed by atoms with Gasteiger partial charge in [0.1, 0.15) is 5.82 Å². The molecule has 1 heterocycles. The summed E-state index contributed by atoms with van der Waals surface area (Å²) in [7, 11) is 0. The third-order valence-corrected chi connectivity index (χ3v) is 7.55. The van der Waals surface area contributed by atoms with Crippen LogP contribution in [-0.4, -0.2) is 26.8 Å². The van der Waals surface area contributed by atoms with Crippen molar-refractivity contribution < 1.29 is 19.1 Å². The van der Waals surface area contributed by atoms with Crippen LogP contribution in [0.25, 0.3) is 33.2 Å². The number of aromatic carboxylic acids is 1. The van der Waals surface area contributed by atoms with Crippen LogP contribution < -0.4 is 5.32 Å². The number of carboxylic acids is 1. The third kappa shape index (κ3) is 5.92. The lowest BCUT2D eigenvalue weighted by Gasteiger charge is -2.17. The number of aromatic nitrogens is 2. The van der Waals surface area contributed by atoms with Gasteiger partial charge in [0, 0.05) is 5.39 Å². The van der Waals surface area contributed by atoms with E-state index in [1.165, 1.54) is 24.3 Å². The fourth-order valence-corrected chi connectivity index (χ4v) is 5.21. The first-order chi connectivity index (χ1) is 20.9. The van der Waals surface area contributed by atoms with Gasteiger partial charge < -0.3 is 10.4 Å². The van der Waals surface area contributed by atoms with Gasteiger partial charge in [0.15, 0.2) is 0 Å². The number of hydrogen-bond acceptors (Lipinski definition) is 3. The van der Waals surface area contributed by atoms with Crippen molar-refractivity contribution in [2.45, 2.75) is 19.5 Å². The van der Waals surface area contributed by atoms with Gasteiger partial charge in [0.25, 0.3) is 5.91 Å². The number of benzene rings is 5. The van der Waals surface area contributed by atoms with Crippen molar-refractivity contribution >= 4 is 22.8 Å². The fourth-order valence-electron chi connectivity index (χ4n) is 5.21. The van der Waals surface area contributed by atoms with Crippen LogP contribution in [0.1, 0.15) is 44.8 Å². The van der Waals surface area contributed by atoms with Gasteiger partial charge in [-0.2, -0.15) is 5.10 Å². The Labute approximate surface area is 248 Å². The summed E-state index contributed by atoms with van der Waals surface area (Å²) in [5.41, 5.74) is 6.90. The summed E-state index contributed by atoms with van der Waals surface area (Å²) < 4.78 is 15.5. The SMILES string of the molecule is C[C@H](NC(=O)c1cc(-c2ccc(F)cc2)cc2cnn(Cc3ccc(-c4ccccc4)cc3)c12)c1ccc(C(=O)O)cc1. The maximum atomic E-state index is 13.9. The molecule has 0 saturated carbocycles. The number of fused-ring (bicyclic) bond motifs is 1. The number of nitrogens with zero attached hydrogens (tertiary/aromatic N) is 2. The van der Waals surface area contributed by atoms with E-state index >= 15 is 0 Å². The summed E-state index contributed by atoms with van der Waals surface area (Å²) >= 11 is 0. The molecule has 212 valence electrons. The van der Waals surface area contributed by atoms with E-state index < -0.39 is 5.97 Å². The highest BCUT2D eigenvalue weighted by molar-refractivity contribution is 6.07. The van der Waals surface area contributed by atoms with Gasteiger partial charge in [0.2, 0.25) is 0 Å². The maximum Gasteiger partial charge on any atom is 0.335 e. The minimum Gasteiger partial charge on any atom is -0.478 e. The molecule has 0 radical (unpaired) electrons. The molecular formula is C36H28FN3O3. The van der Waals surface area contributed by atoms with E-state index in [9.17, 15) is 19.1 Å². The molecule has 1 aromatic heterocycles. The average Bonchev–Trinajstić information content (AvgIpc) is 3.44. The third-order valence-electron chi connectivity index (χ3n) is 7.55. The molecule has 43 heavy (non-hydrogen) atoms. The smallest absolute Gasteiger partial charge is 0.335 e. The zero-order valence-electron chi connectivity index (χ0n) is 23.4. The molecule has 0 aliphatic rings. The Morgan fingerprint density at radius 2 is 1.44 bits per heavy atom. The number of carbonyl (C=O) groups is 2. The molecule has 7 heteroatoms. The molecule has 0 bridgehead atoms. The van der Waals surface area contributed by atoms with Gasteiger partial charge in [0.05, 0.1) is 35.4 Å². The first-order valence-electron chi connectivity index (χ1n) is 13.9. The van der Waals surface area contributed by atoms with Gasteiger partial charge >= 0.3 is 5.97 Å². The topological polar surface area (TPSA) is 84.2 Å². The predicted octanol–water partition coefficient (Wildman–Crippen LogP) is 7.75. The highest BCUT2D eigenvalue weighted by Gasteiger charge is 2.20. The molecule has 6 nitrogen and oxygen atoms in total. The van der Waals surface area contributed by atoms with E-state index in [1.807, 2.05) is 41.9 Å². The molecule has 0 aliphatic heterocycles. The summed E-state index contributed by atoms with van der Waals surface area (Å²) in [6, 6.07) is 34.4. The quantitative estimate of drug-likeness (QED) is 0.196. The molecule has 6 aromatic rings. The van der Waals surface area contributed by atoms with Crippen molar-refractivity contribution in [2.24, 2.45) is 0 Å². The lowest BCUT2D eigenvalue weighted by Crippen LogP contribution is -2.27. The summed E-state index contributed by atoms with van der Waals surface area (Å²) in [5.74, 6) is -1.65. The summed E-state index contributed by atoms with van der Waals surface area (Å²) in [6.07, 6.45) is 1.74. The van der Waals surface area contributed by atoms with Crippen LogP contribution in [0.15, 0.2) is 121 Å². The zero-order chi connectivity index (χ0) is 29.9. The van der Waals surface area contributed by atoms with Crippen molar-refractivity contribution in [2.75, 3.05) is 0 Å². The van der Waals surface area contributed by atoms with Crippen molar-refractivity contribution in [3.05, 3.63) is 150 Å². The van der Waals surface area contributed by atoms with E-state index in [1.54, 1.807) is 30.5 Å². The number of halogens is 1. The maximum absolute atomic E-state index is 13.9. The van der Waals surface area contributed by atoms with Gasteiger partial charge in [-0.1, -0.05) is 78.9 Å². The lowest BCUT2D eigenvalue weighted by atomic mass is 9.99. The predicted molar refractivity (Wildman–Crippen MR) is 165 cm³/mol. The standard InChI is InChI=1S/C36H28FN3O3/c1-23(25-11-13-29(14-12-25)36(42)43)39-35(41)33-20-30(28-15-17-32(37)18-16-28)19-31-21-38-40(34(31)33)22-24-7-9-27(10-8-24)26-5-3-2-4-6-26/h2-21,23H,22H2,1H3,(H,39,41)(H,42,43)/t23-/m0/s1. The van der Waals surface area contributed by atoms with Gasteiger partial charge in [-0.15, -0.1) is 0 Å². The summed E-state index contributed by atoms with van der Waals surface area (Å²) in [4.78, 5) is 25.1. The van der Waals surface area contributed by atoms with Crippen LogP contribution in [0.3, 0.4) is 0 Å². The molecule has 1 amide bonds. The lowest BCUT2D eigenvalue weighted by molar-refractivity contribution is 0.0696. The molecule has 2 N–H and O–H groups in total. The van der Waals surface area contributed by atoms with Gasteiger partial charge in [-0.25, -0.2) is 9.18 Å². The molecule has 0 saturated heterocycles. The second-order valence-electron chi connectivity index (χ2n) is 10.5. The Hall–Kier alpha value is -5.56. The molecule has 6 rings (SSSR count). The second-order valence-corrected chi connectivity index (χ2v) is 10.5. The minimum absolute atomic E-state index is 0.177. The molecule has 0 spiro atoms. The number of carbonyl (C=O) groups excluding carboxylic acids is 1. The summed E-state index contributed by atoms with van der Waals surface area (Å²) in [5, 5.41) is 17.7. The Balaban J connectivity index is 1.35. The highest BCUT2D eigenvalue weighted by Crippen LogP contribution is 2.30. The zero-order valence-corrected chi connectivity index (χ0v) is 23.4. The molecular weight excluding hydrogens is 541 g/mol. The van der Waals surface area contributed by atoms with E-state index in [2.05, 4.69) is 46.8 Å². The number of rotatable bonds is 8. The van der Waals surface area contributed by atoms with Crippen molar-refractivity contribution in [3.63, 3.8) is 0 Å². The normalized spacial score (nSPS) is 11.8. The first kappa shape index (κ1) is 27.6. The second kappa shape index (κ2) is 11.7. The molecule has 5 aromatic carbocycles. The number of hydrogen-bond donors (Lipinski definition) is 2. The Morgan fingerprint density at radius 3 is 2.12 bits per heavy atom. The average molecular weight is 570 g/mol. The summed E-state index contributed by atoms with van der Waals surface area (Å²) in [6.45, 7) is 2.31. The largest absolute Gasteiger partial charge is 0.478 e. The van der Waals surface area contributed by atoms with Crippen LogP contribution >= 0.6 is 0 Å². The molecule has 0 aliphatic carbocycles. The van der Waals surface area contributed by atoms with Crippen LogP contribution in [0.4, 0.5) is 4.39 Å². The van der Waals surface area contributed by atoms with Crippen LogP contribution in [0.2, 0.25) is 0 Å². The molecule has 1 atom stereocenters. The van der Waals surface area contributed by atoms with Crippen molar-refractivity contribution in [3.8, 4) is 22.3 Å². The van der Waals surface area contributed by atoms with Crippen molar-refractivity contribution in [1.29, 1.82) is 0 Å². The monoisotopic (exact) mass is 569 g/mol. The van der Waals surface area contributed by atoms with Crippen LogP contribution in [0.5, 0.6) is 0 Å². The number of amides is 1. The van der Waals surface area contributed by atoms with E-state index in [-0.39, 0.29) is 23.3 Å². The van der Waals surface area contributed by atoms with E-state index in [0.29, 0.717) is 17.6 Å². The first-order valence-corrected chi connectivity index (χ1v) is 13.9. The van der Waals surface area contributed by atoms with Crippen molar-refractivity contribution in [1.82, 2.24) is 15.1 Å². The Bertz CT molecular complexity index is 1910. The van der Waals surface area contributed by atoms with Gasteiger partial charge in [-0.05, 0) is 76.7 Å². The Morgan fingerprint density at radius 1 is 0.814 bits per heavy atom. The number of nitrogens with one attached hydrogen (secondary N) is 1. The van der Waals surface area contributed by atoms with Gasteiger partial charge in [-0.3, -0.25) is 9.48 Å². The minimum atomic E-state index is -1.01. The number of carboxylic acid groups (broad SMARTS) is 1. The molecule has 0 fully saturated rings. The Kier molecular flexibility index (Phi) is 7.54. The highest BCUT2D eigenvalue weighted by atomic mass is 19.1. The van der Waals surface area contributed by atoms with E-state index in [4.69, 9.17) is 0 Å². The molecule has 0 unspecified atom stereocenters. The van der Waals surface area contributed by atoms with Crippen LogP contribution in [0, 0.1) is 5.82 Å². The fraction of sp³-hybridized carbons (Fsp3) is 0.0833. The van der Waals surface area contributed by atoms with Crippen LogP contribution in [-0.2, 0) is 6.54 Å². The van der Waals surface area contributed by atoms with E-state index in [0.717, 1.165) is 38.8 Å².